The lowest BCUT2D eigenvalue weighted by atomic mass is 10.1. The largest absolute Gasteiger partial charge is 0.496 e. The van der Waals surface area contributed by atoms with E-state index in [9.17, 15) is 4.79 Å². The van der Waals surface area contributed by atoms with Gasteiger partial charge in [-0.05, 0) is 43.3 Å². The lowest BCUT2D eigenvalue weighted by Gasteiger charge is -2.09. The summed E-state index contributed by atoms with van der Waals surface area (Å²) < 4.78 is 12.9. The number of hydrogen-bond donors (Lipinski definition) is 1. The number of ether oxygens (including phenoxy) is 1. The number of rotatable bonds is 8. The average Bonchev–Trinajstić information content (AvgIpc) is 3.64. The van der Waals surface area contributed by atoms with Crippen LogP contribution in [0.15, 0.2) is 81.9 Å². The number of thiazole rings is 1. The number of furan rings is 1. The second-order valence-electron chi connectivity index (χ2n) is 7.53. The van der Waals surface area contributed by atoms with Gasteiger partial charge in [0.2, 0.25) is 11.7 Å². The van der Waals surface area contributed by atoms with Gasteiger partial charge in [-0.2, -0.15) is 0 Å². The Kier molecular flexibility index (Phi) is 6.64. The Morgan fingerprint density at radius 3 is 2.71 bits per heavy atom. The molecule has 0 fully saturated rings. The van der Waals surface area contributed by atoms with Gasteiger partial charge < -0.3 is 14.5 Å². The van der Waals surface area contributed by atoms with Gasteiger partial charge in [0.25, 0.3) is 0 Å². The van der Waals surface area contributed by atoms with Crippen molar-refractivity contribution in [2.75, 3.05) is 18.2 Å². The van der Waals surface area contributed by atoms with Crippen molar-refractivity contribution < 1.29 is 13.9 Å². The molecule has 35 heavy (non-hydrogen) atoms. The molecule has 0 radical (unpaired) electrons. The first-order valence-electron chi connectivity index (χ1n) is 10.7. The van der Waals surface area contributed by atoms with Crippen molar-refractivity contribution in [2.45, 2.75) is 12.1 Å². The molecule has 176 valence electrons. The molecule has 0 unspecified atom stereocenters. The number of nitrogens with zero attached hydrogens (tertiary/aromatic N) is 4. The van der Waals surface area contributed by atoms with Crippen LogP contribution in [0, 0.1) is 6.92 Å². The Bertz CT molecular complexity index is 1440. The molecular weight excluding hydrogens is 482 g/mol. The second kappa shape index (κ2) is 10.2. The summed E-state index contributed by atoms with van der Waals surface area (Å²) in [5.41, 5.74) is 3.65. The smallest absolute Gasteiger partial charge is 0.236 e. The minimum absolute atomic E-state index is 0.145. The summed E-state index contributed by atoms with van der Waals surface area (Å²) in [6, 6.07) is 19.3. The molecule has 0 aliphatic rings. The number of nitrogens with one attached hydrogen (secondary N) is 1. The Labute approximate surface area is 210 Å². The van der Waals surface area contributed by atoms with Crippen LogP contribution in [0.1, 0.15) is 5.56 Å². The number of amides is 1. The number of aromatic nitrogens is 4. The first kappa shape index (κ1) is 22.9. The number of para-hydroxylation sites is 1. The Morgan fingerprint density at radius 2 is 1.94 bits per heavy atom. The topological polar surface area (TPSA) is 95.1 Å². The Hall–Kier alpha value is -3.89. The molecule has 8 nitrogen and oxygen atoms in total. The van der Waals surface area contributed by atoms with E-state index in [0.717, 1.165) is 28.3 Å². The Balaban J connectivity index is 1.32. The van der Waals surface area contributed by atoms with Gasteiger partial charge in [-0.15, -0.1) is 21.5 Å². The van der Waals surface area contributed by atoms with Crippen LogP contribution in [-0.4, -0.2) is 38.5 Å². The van der Waals surface area contributed by atoms with Crippen molar-refractivity contribution in [3.8, 4) is 34.3 Å². The van der Waals surface area contributed by atoms with Gasteiger partial charge in [-0.25, -0.2) is 4.98 Å². The van der Waals surface area contributed by atoms with Gasteiger partial charge in [0, 0.05) is 16.6 Å². The van der Waals surface area contributed by atoms with E-state index in [0.29, 0.717) is 21.9 Å². The standard InChI is InChI=1S/C25H21N5O3S2/c1-16-9-11-17(12-10-16)30-23(21-8-5-13-33-21)28-29-25(30)35-15-22(31)27-24-26-19(14-34-24)18-6-3-4-7-20(18)32-2/h3-14H,15H2,1-2H3,(H,26,27,31). The summed E-state index contributed by atoms with van der Waals surface area (Å²) >= 11 is 2.66. The van der Waals surface area contributed by atoms with Crippen LogP contribution in [0.4, 0.5) is 5.13 Å². The average molecular weight is 504 g/mol. The molecule has 5 aromatic rings. The van der Waals surface area contributed by atoms with Gasteiger partial charge in [0.1, 0.15) is 5.75 Å². The van der Waals surface area contributed by atoms with Crippen LogP contribution in [0.3, 0.4) is 0 Å². The van der Waals surface area contributed by atoms with Crippen LogP contribution >= 0.6 is 23.1 Å². The summed E-state index contributed by atoms with van der Waals surface area (Å²) in [6.07, 6.45) is 1.59. The molecule has 0 saturated heterocycles. The minimum Gasteiger partial charge on any atom is -0.496 e. The predicted octanol–water partition coefficient (Wildman–Crippen LogP) is 5.70. The third-order valence-electron chi connectivity index (χ3n) is 5.13. The van der Waals surface area contributed by atoms with E-state index >= 15 is 0 Å². The molecule has 0 saturated carbocycles. The zero-order chi connectivity index (χ0) is 24.2. The highest BCUT2D eigenvalue weighted by atomic mass is 32.2. The molecule has 0 spiro atoms. The zero-order valence-corrected chi connectivity index (χ0v) is 20.6. The van der Waals surface area contributed by atoms with E-state index in [4.69, 9.17) is 9.15 Å². The monoisotopic (exact) mass is 503 g/mol. The maximum absolute atomic E-state index is 12.7. The van der Waals surface area contributed by atoms with Gasteiger partial charge in [-0.1, -0.05) is 41.6 Å². The molecule has 0 bridgehead atoms. The number of aryl methyl sites for hydroxylation is 1. The first-order chi connectivity index (χ1) is 17.1. The fourth-order valence-electron chi connectivity index (χ4n) is 3.45. The first-order valence-corrected chi connectivity index (χ1v) is 12.6. The van der Waals surface area contributed by atoms with E-state index < -0.39 is 0 Å². The molecule has 0 aliphatic heterocycles. The molecule has 1 N–H and O–H groups in total. The van der Waals surface area contributed by atoms with Gasteiger partial charge >= 0.3 is 0 Å². The molecular formula is C25H21N5O3S2. The Morgan fingerprint density at radius 1 is 1.11 bits per heavy atom. The van der Waals surface area contributed by atoms with Crippen molar-refractivity contribution >= 4 is 34.1 Å². The third kappa shape index (κ3) is 4.98. The van der Waals surface area contributed by atoms with Crippen LogP contribution in [0.5, 0.6) is 5.75 Å². The lowest BCUT2D eigenvalue weighted by Crippen LogP contribution is -2.14. The summed E-state index contributed by atoms with van der Waals surface area (Å²) in [7, 11) is 1.62. The molecule has 5 rings (SSSR count). The molecule has 2 aromatic carbocycles. The van der Waals surface area contributed by atoms with Gasteiger partial charge in [0.15, 0.2) is 16.0 Å². The number of carbonyl (C=O) groups excluding carboxylic acids is 1. The molecule has 3 heterocycles. The van der Waals surface area contributed by atoms with E-state index in [1.165, 1.54) is 23.1 Å². The normalized spacial score (nSPS) is 10.9. The number of methoxy groups -OCH3 is 1. The fraction of sp³-hybridized carbons (Fsp3) is 0.120. The second-order valence-corrected chi connectivity index (χ2v) is 9.33. The molecule has 0 aliphatic carbocycles. The lowest BCUT2D eigenvalue weighted by molar-refractivity contribution is -0.113. The van der Waals surface area contributed by atoms with Crippen LogP contribution in [0.25, 0.3) is 28.5 Å². The molecule has 1 amide bonds. The summed E-state index contributed by atoms with van der Waals surface area (Å²) in [4.78, 5) is 17.3. The maximum atomic E-state index is 12.7. The highest BCUT2D eigenvalue weighted by Gasteiger charge is 2.19. The van der Waals surface area contributed by atoms with Crippen molar-refractivity contribution in [3.63, 3.8) is 0 Å². The van der Waals surface area contributed by atoms with Gasteiger partial charge in [0.05, 0.1) is 24.8 Å². The summed E-state index contributed by atoms with van der Waals surface area (Å²) in [5.74, 6) is 1.86. The molecule has 0 atom stereocenters. The highest BCUT2D eigenvalue weighted by molar-refractivity contribution is 7.99. The maximum Gasteiger partial charge on any atom is 0.236 e. The van der Waals surface area contributed by atoms with E-state index in [1.807, 2.05) is 71.5 Å². The third-order valence-corrected chi connectivity index (χ3v) is 6.82. The van der Waals surface area contributed by atoms with Crippen LogP contribution in [0.2, 0.25) is 0 Å². The van der Waals surface area contributed by atoms with E-state index in [2.05, 4.69) is 20.5 Å². The summed E-state index contributed by atoms with van der Waals surface area (Å²) in [5, 5.41) is 14.5. The van der Waals surface area contributed by atoms with Crippen molar-refractivity contribution in [1.82, 2.24) is 19.7 Å². The minimum atomic E-state index is -0.186. The van der Waals surface area contributed by atoms with E-state index in [1.54, 1.807) is 19.4 Å². The number of anilines is 1. The number of carbonyl (C=O) groups is 1. The molecule has 10 heteroatoms. The molecule has 3 aromatic heterocycles. The fourth-order valence-corrected chi connectivity index (χ4v) is 4.93. The van der Waals surface area contributed by atoms with Crippen LogP contribution in [-0.2, 0) is 4.79 Å². The number of benzene rings is 2. The SMILES string of the molecule is COc1ccccc1-c1csc(NC(=O)CSc2nnc(-c3ccco3)n2-c2ccc(C)cc2)n1. The quantitative estimate of drug-likeness (QED) is 0.271. The zero-order valence-electron chi connectivity index (χ0n) is 19.0. The van der Waals surface area contributed by atoms with Crippen molar-refractivity contribution in [2.24, 2.45) is 0 Å². The van der Waals surface area contributed by atoms with Crippen molar-refractivity contribution in [1.29, 1.82) is 0 Å². The number of hydrogen-bond acceptors (Lipinski definition) is 8. The van der Waals surface area contributed by atoms with Gasteiger partial charge in [-0.3, -0.25) is 9.36 Å². The number of thioether (sulfide) groups is 1. The highest BCUT2D eigenvalue weighted by Crippen LogP contribution is 2.32. The van der Waals surface area contributed by atoms with Crippen LogP contribution < -0.4 is 10.1 Å². The predicted molar refractivity (Wildman–Crippen MR) is 137 cm³/mol. The summed E-state index contributed by atoms with van der Waals surface area (Å²) in [6.45, 7) is 2.03. The van der Waals surface area contributed by atoms with E-state index in [-0.39, 0.29) is 11.7 Å². The van der Waals surface area contributed by atoms with Crippen molar-refractivity contribution in [3.05, 3.63) is 77.9 Å².